The van der Waals surface area contributed by atoms with Crippen molar-refractivity contribution >= 4 is 82.3 Å². The summed E-state index contributed by atoms with van der Waals surface area (Å²) in [6.07, 6.45) is 0. The molecule has 0 bridgehead atoms. The van der Waals surface area contributed by atoms with Gasteiger partial charge in [-0.1, -0.05) is 41.1 Å². The number of alkyl halides is 2. The summed E-state index contributed by atoms with van der Waals surface area (Å²) >= 11 is 5.76. The van der Waals surface area contributed by atoms with E-state index in [1.807, 2.05) is 0 Å². The van der Waals surface area contributed by atoms with E-state index in [0.29, 0.717) is 16.7 Å². The minimum atomic E-state index is -3.78. The first-order valence-corrected chi connectivity index (χ1v) is 12.6. The highest BCUT2D eigenvalue weighted by molar-refractivity contribution is 6.66. The van der Waals surface area contributed by atoms with Crippen LogP contribution in [0.2, 0.25) is 15.5 Å². The predicted octanol–water partition coefficient (Wildman–Crippen LogP) is -3.41. The Bertz CT molecular complexity index is 1380. The van der Waals surface area contributed by atoms with E-state index in [9.17, 15) is 28.0 Å². The molecule has 0 aliphatic carbocycles. The maximum absolute atomic E-state index is 14.8. The Morgan fingerprint density at radius 2 is 1.63 bits per heavy atom. The second-order valence-electron chi connectivity index (χ2n) is 11.2. The lowest BCUT2D eigenvalue weighted by Gasteiger charge is -2.59. The van der Waals surface area contributed by atoms with Crippen LogP contribution >= 0.6 is 11.6 Å². The normalized spacial score (nSPS) is 22.9. The van der Waals surface area contributed by atoms with Crippen LogP contribution in [0, 0.1) is 0 Å². The molecule has 16 heteroatoms. The SMILES string of the molecule is BC(NC(=O)C(F)(F)c1ccc(Cl)cc1)c1ccc2c(c1)CN([C@@]1(B)C(=O)NC(=O)C(B)(B)C1(B)B)C2=O. The first kappa shape index (κ1) is 28.1. The van der Waals surface area contributed by atoms with Crippen molar-refractivity contribution in [2.75, 3.05) is 0 Å². The Balaban J connectivity index is 1.58. The van der Waals surface area contributed by atoms with Gasteiger partial charge in [-0.05, 0) is 34.5 Å². The molecule has 2 aromatic carbocycles. The van der Waals surface area contributed by atoms with Crippen molar-refractivity contribution in [1.82, 2.24) is 15.5 Å². The third kappa shape index (κ3) is 4.01. The van der Waals surface area contributed by atoms with Crippen LogP contribution in [0.3, 0.4) is 0 Å². The molecule has 1 fully saturated rings. The monoisotopic (exact) mass is 533 g/mol. The van der Waals surface area contributed by atoms with Crippen LogP contribution in [0.15, 0.2) is 42.5 Å². The number of carbonyl (C=O) groups excluding carboxylic acids is 4. The maximum atomic E-state index is 14.8. The fourth-order valence-corrected chi connectivity index (χ4v) is 5.28. The summed E-state index contributed by atoms with van der Waals surface area (Å²) in [5.41, 5.74) is -0.339. The number of hydrogen-bond donors (Lipinski definition) is 2. The summed E-state index contributed by atoms with van der Waals surface area (Å²) in [5.74, 6) is -7.37. The van der Waals surface area contributed by atoms with Crippen molar-refractivity contribution in [3.63, 3.8) is 0 Å². The molecule has 190 valence electrons. The quantitative estimate of drug-likeness (QED) is 0.310. The predicted molar refractivity (Wildman–Crippen MR) is 155 cm³/mol. The van der Waals surface area contributed by atoms with Gasteiger partial charge in [0.2, 0.25) is 11.8 Å². The van der Waals surface area contributed by atoms with Crippen molar-refractivity contribution in [2.24, 2.45) is 0 Å². The zero-order valence-corrected chi connectivity index (χ0v) is 22.8. The third-order valence-corrected chi connectivity index (χ3v) is 9.08. The van der Waals surface area contributed by atoms with Crippen LogP contribution in [0.25, 0.3) is 0 Å². The van der Waals surface area contributed by atoms with E-state index in [2.05, 4.69) is 10.6 Å². The lowest BCUT2D eigenvalue weighted by atomic mass is 9.21. The highest BCUT2D eigenvalue weighted by atomic mass is 35.5. The first-order valence-electron chi connectivity index (χ1n) is 12.2. The van der Waals surface area contributed by atoms with Gasteiger partial charge in [-0.15, -0.1) is 0 Å². The minimum Gasteiger partial charge on any atom is -0.352 e. The van der Waals surface area contributed by atoms with Gasteiger partial charge in [0, 0.05) is 28.6 Å². The van der Waals surface area contributed by atoms with E-state index in [1.54, 1.807) is 65.3 Å². The molecular weight excluding hydrogens is 509 g/mol. The lowest BCUT2D eigenvalue weighted by molar-refractivity contribution is -0.147. The van der Waals surface area contributed by atoms with Gasteiger partial charge in [0.15, 0.2) is 0 Å². The van der Waals surface area contributed by atoms with E-state index < -0.39 is 51.0 Å². The van der Waals surface area contributed by atoms with Crippen molar-refractivity contribution in [2.45, 2.75) is 34.3 Å². The van der Waals surface area contributed by atoms with Crippen molar-refractivity contribution in [1.29, 1.82) is 0 Å². The van der Waals surface area contributed by atoms with Crippen LogP contribution in [0.5, 0.6) is 0 Å². The van der Waals surface area contributed by atoms with Gasteiger partial charge < -0.3 is 10.2 Å². The number of hydrogen-bond acceptors (Lipinski definition) is 4. The average molecular weight is 533 g/mol. The van der Waals surface area contributed by atoms with Gasteiger partial charge in [-0.2, -0.15) is 8.78 Å². The van der Waals surface area contributed by atoms with Gasteiger partial charge in [0.05, 0.1) is 5.44 Å². The number of carbonyl (C=O) groups is 4. The number of piperidine rings is 1. The Hall–Kier alpha value is -2.94. The van der Waals surface area contributed by atoms with Crippen LogP contribution in [0.1, 0.15) is 33.0 Å². The highest BCUT2D eigenvalue weighted by Gasteiger charge is 2.64. The molecule has 2 aromatic rings. The maximum Gasteiger partial charge on any atom is 0.349 e. The van der Waals surface area contributed by atoms with Gasteiger partial charge >= 0.3 is 5.92 Å². The Morgan fingerprint density at radius 3 is 2.24 bits per heavy atom. The van der Waals surface area contributed by atoms with E-state index >= 15 is 0 Å². The molecule has 0 saturated carbocycles. The van der Waals surface area contributed by atoms with Crippen LogP contribution in [-0.4, -0.2) is 81.0 Å². The number of halogens is 3. The summed E-state index contributed by atoms with van der Waals surface area (Å²) < 4.78 is 29.5. The largest absolute Gasteiger partial charge is 0.352 e. The molecule has 4 amide bonds. The Kier molecular flexibility index (Phi) is 6.70. The van der Waals surface area contributed by atoms with E-state index in [-0.39, 0.29) is 17.5 Å². The first-order chi connectivity index (χ1) is 17.5. The van der Waals surface area contributed by atoms with Gasteiger partial charge in [0.1, 0.15) is 47.1 Å². The molecule has 7 nitrogen and oxygen atoms in total. The molecule has 2 atom stereocenters. The van der Waals surface area contributed by atoms with Crippen molar-refractivity contribution in [3.8, 4) is 0 Å². The summed E-state index contributed by atoms with van der Waals surface area (Å²) in [4.78, 5) is 53.2. The van der Waals surface area contributed by atoms with Crippen molar-refractivity contribution < 1.29 is 28.0 Å². The van der Waals surface area contributed by atoms with E-state index in [0.717, 1.165) is 12.1 Å². The molecular formula is C22H24B6ClF2N3O4. The van der Waals surface area contributed by atoms with Gasteiger partial charge in [0.25, 0.3) is 11.8 Å². The fraction of sp³-hybridized carbons (Fsp3) is 0.273. The number of nitrogens with one attached hydrogen (secondary N) is 2. The number of rotatable bonds is 5. The molecule has 2 aliphatic rings. The van der Waals surface area contributed by atoms with Crippen molar-refractivity contribution in [3.05, 3.63) is 69.7 Å². The van der Waals surface area contributed by atoms with Crippen LogP contribution in [0.4, 0.5) is 8.78 Å². The smallest absolute Gasteiger partial charge is 0.349 e. The molecule has 0 spiro atoms. The molecule has 0 radical (unpaired) electrons. The molecule has 2 aliphatic heterocycles. The second-order valence-corrected chi connectivity index (χ2v) is 11.6. The number of fused-ring (bicyclic) bond motifs is 1. The van der Waals surface area contributed by atoms with Gasteiger partial charge in [-0.25, -0.2) is 0 Å². The number of imide groups is 1. The minimum absolute atomic E-state index is 0.0846. The second kappa shape index (κ2) is 9.07. The molecule has 1 saturated heterocycles. The number of amides is 4. The zero-order valence-electron chi connectivity index (χ0n) is 22.0. The molecule has 2 heterocycles. The fourth-order valence-electron chi connectivity index (χ4n) is 5.15. The van der Waals surface area contributed by atoms with E-state index in [4.69, 9.17) is 11.6 Å². The number of nitrogens with zero attached hydrogens (tertiary/aromatic N) is 1. The average Bonchev–Trinajstić information content (AvgIpc) is 3.18. The number of benzene rings is 2. The highest BCUT2D eigenvalue weighted by Crippen LogP contribution is 2.55. The summed E-state index contributed by atoms with van der Waals surface area (Å²) in [5, 5.41) is 3.17. The van der Waals surface area contributed by atoms with Gasteiger partial charge in [-0.3, -0.25) is 24.5 Å². The molecule has 4 rings (SSSR count). The van der Waals surface area contributed by atoms with Crippen LogP contribution < -0.4 is 10.6 Å². The zero-order chi connectivity index (χ0) is 28.4. The molecule has 1 unspecified atom stereocenters. The molecule has 2 N–H and O–H groups in total. The molecule has 0 aromatic heterocycles. The van der Waals surface area contributed by atoms with Crippen LogP contribution in [-0.2, 0) is 26.9 Å². The topological polar surface area (TPSA) is 95.6 Å². The summed E-state index contributed by atoms with van der Waals surface area (Å²) in [6, 6.07) is 9.60. The molecule has 38 heavy (non-hydrogen) atoms. The van der Waals surface area contributed by atoms with E-state index in [1.165, 1.54) is 17.0 Å². The standard InChI is InChI=1S/C22H24B6ClF2N3O4/c23-14(32-16(36)19(30,31)11-2-4-12(29)5-3-11)9-1-6-13-10(7-9)8-34(15(13)35)21(26)18(38)33-17(37)20(24,25)22(21,27)28/h1-7,14H,8,23-28H2,(H,32,36)(H,33,37,38)/t14?,21-/m0/s1. The lowest BCUT2D eigenvalue weighted by Crippen LogP contribution is -2.75. The summed E-state index contributed by atoms with van der Waals surface area (Å²) in [7, 11) is 10.3. The Morgan fingerprint density at radius 1 is 1.03 bits per heavy atom. The third-order valence-electron chi connectivity index (χ3n) is 8.83. The Labute approximate surface area is 229 Å². The summed E-state index contributed by atoms with van der Waals surface area (Å²) in [6.45, 7) is 0.0846.